The molecule has 0 N–H and O–H groups in total. The fraction of sp³-hybridized carbons (Fsp3) is 0.292. The van der Waals surface area contributed by atoms with Gasteiger partial charge in [0, 0.05) is 17.5 Å². The van der Waals surface area contributed by atoms with Crippen molar-refractivity contribution >= 4 is 22.4 Å². The average molecular weight is 389 g/mol. The van der Waals surface area contributed by atoms with Crippen LogP contribution in [0.1, 0.15) is 18.4 Å². The number of carbonyl (C=O) groups excluding carboxylic acids is 1. The van der Waals surface area contributed by atoms with Crippen molar-refractivity contribution in [3.63, 3.8) is 0 Å². The van der Waals surface area contributed by atoms with Gasteiger partial charge in [0.15, 0.2) is 0 Å². The molecule has 5 heteroatoms. The van der Waals surface area contributed by atoms with Crippen LogP contribution in [0.2, 0.25) is 0 Å². The molecule has 29 heavy (non-hydrogen) atoms. The third kappa shape index (κ3) is 3.07. The summed E-state index contributed by atoms with van der Waals surface area (Å²) >= 11 is 0. The number of para-hydroxylation sites is 1. The van der Waals surface area contributed by atoms with E-state index in [9.17, 15) is 4.79 Å². The van der Waals surface area contributed by atoms with Crippen LogP contribution in [0.25, 0.3) is 10.8 Å². The van der Waals surface area contributed by atoms with E-state index in [4.69, 9.17) is 14.2 Å². The van der Waals surface area contributed by atoms with Crippen LogP contribution in [0, 0.1) is 0 Å². The van der Waals surface area contributed by atoms with Crippen molar-refractivity contribution in [1.29, 1.82) is 0 Å². The molecule has 2 heterocycles. The maximum atomic E-state index is 13.2. The zero-order valence-corrected chi connectivity index (χ0v) is 16.2. The molecule has 1 fully saturated rings. The van der Waals surface area contributed by atoms with E-state index in [-0.39, 0.29) is 5.91 Å². The zero-order valence-electron chi connectivity index (χ0n) is 16.2. The van der Waals surface area contributed by atoms with Gasteiger partial charge in [0.1, 0.15) is 5.75 Å². The van der Waals surface area contributed by atoms with Crippen molar-refractivity contribution in [1.82, 2.24) is 0 Å². The summed E-state index contributed by atoms with van der Waals surface area (Å²) in [6, 6.07) is 22.0. The van der Waals surface area contributed by atoms with Crippen LogP contribution in [0.4, 0.5) is 5.69 Å². The first-order chi connectivity index (χ1) is 14.3. The Labute approximate surface area is 169 Å². The number of nitrogens with zero attached hydrogens (tertiary/aromatic N) is 1. The smallest absolute Gasteiger partial charge is 0.292 e. The van der Waals surface area contributed by atoms with E-state index in [1.807, 2.05) is 48.5 Å². The van der Waals surface area contributed by atoms with Crippen LogP contribution in [0.15, 0.2) is 66.7 Å². The second-order valence-corrected chi connectivity index (χ2v) is 7.32. The highest BCUT2D eigenvalue weighted by Crippen LogP contribution is 2.45. The van der Waals surface area contributed by atoms with Crippen molar-refractivity contribution < 1.29 is 19.0 Å². The van der Waals surface area contributed by atoms with Crippen LogP contribution in [-0.2, 0) is 20.1 Å². The molecule has 0 unspecified atom stereocenters. The number of hydrogen-bond acceptors (Lipinski definition) is 4. The largest absolute Gasteiger partial charge is 0.493 e. The summed E-state index contributed by atoms with van der Waals surface area (Å²) < 4.78 is 17.8. The number of benzene rings is 3. The van der Waals surface area contributed by atoms with Crippen molar-refractivity contribution in [2.45, 2.75) is 18.6 Å². The van der Waals surface area contributed by atoms with Gasteiger partial charge in [-0.1, -0.05) is 54.6 Å². The normalized spacial score (nSPS) is 17.7. The lowest BCUT2D eigenvalue weighted by Gasteiger charge is -2.32. The quantitative estimate of drug-likeness (QED) is 0.612. The minimum Gasteiger partial charge on any atom is -0.493 e. The van der Waals surface area contributed by atoms with Crippen LogP contribution >= 0.6 is 0 Å². The minimum atomic E-state index is -1.27. The van der Waals surface area contributed by atoms with Crippen molar-refractivity contribution in [2.75, 3.05) is 31.3 Å². The third-order valence-corrected chi connectivity index (χ3v) is 5.51. The molecule has 0 saturated carbocycles. The Hall–Kier alpha value is -2.89. The predicted octanol–water partition coefficient (Wildman–Crippen LogP) is 4.25. The predicted molar refractivity (Wildman–Crippen MR) is 111 cm³/mol. The molecular weight excluding hydrogens is 366 g/mol. The number of amides is 1. The summed E-state index contributed by atoms with van der Waals surface area (Å²) in [6.45, 7) is 2.12. The van der Waals surface area contributed by atoms with E-state index in [0.717, 1.165) is 34.2 Å². The van der Waals surface area contributed by atoms with E-state index in [1.54, 1.807) is 4.90 Å². The number of ether oxygens (including phenoxy) is 3. The molecule has 0 aromatic heterocycles. The van der Waals surface area contributed by atoms with Crippen molar-refractivity contribution in [2.24, 2.45) is 0 Å². The number of rotatable bonds is 5. The molecule has 0 atom stereocenters. The van der Waals surface area contributed by atoms with Gasteiger partial charge < -0.3 is 19.1 Å². The summed E-state index contributed by atoms with van der Waals surface area (Å²) in [7, 11) is 0. The highest BCUT2D eigenvalue weighted by Gasteiger charge is 2.54. The first kappa shape index (κ1) is 18.2. The zero-order chi connectivity index (χ0) is 19.7. The fourth-order valence-electron chi connectivity index (χ4n) is 4.15. The lowest BCUT2D eigenvalue weighted by atomic mass is 10.1. The molecule has 2 aliphatic rings. The van der Waals surface area contributed by atoms with Crippen LogP contribution in [0.5, 0.6) is 5.75 Å². The van der Waals surface area contributed by atoms with E-state index in [2.05, 4.69) is 18.2 Å². The Bertz CT molecular complexity index is 1040. The van der Waals surface area contributed by atoms with Gasteiger partial charge in [-0.05, 0) is 30.4 Å². The van der Waals surface area contributed by atoms with Crippen LogP contribution < -0.4 is 9.64 Å². The molecule has 2 aliphatic heterocycles. The van der Waals surface area contributed by atoms with Gasteiger partial charge in [-0.25, -0.2) is 0 Å². The van der Waals surface area contributed by atoms with E-state index < -0.39 is 5.79 Å². The van der Waals surface area contributed by atoms with Crippen LogP contribution in [0.3, 0.4) is 0 Å². The SMILES string of the molecule is O=C1N(CCCOc2cccc3ccccc23)c2ccccc2C12OCCCO2. The molecule has 1 amide bonds. The molecule has 3 aromatic rings. The third-order valence-electron chi connectivity index (χ3n) is 5.51. The van der Waals surface area contributed by atoms with Crippen molar-refractivity contribution in [3.05, 3.63) is 72.3 Å². The van der Waals surface area contributed by atoms with Gasteiger partial charge >= 0.3 is 0 Å². The Morgan fingerprint density at radius 2 is 1.69 bits per heavy atom. The number of hydrogen-bond donors (Lipinski definition) is 0. The van der Waals surface area contributed by atoms with Crippen molar-refractivity contribution in [3.8, 4) is 5.75 Å². The molecule has 5 rings (SSSR count). The Morgan fingerprint density at radius 1 is 0.931 bits per heavy atom. The average Bonchev–Trinajstić information content (AvgIpc) is 3.00. The standard InChI is InChI=1S/C24H23NO4/c26-23-24(28-16-7-17-29-24)20-11-3-4-12-21(20)25(23)14-6-15-27-22-13-5-9-18-8-1-2-10-19(18)22/h1-5,8-13H,6-7,14-17H2. The molecular formula is C24H23NO4. The summed E-state index contributed by atoms with van der Waals surface area (Å²) in [5, 5.41) is 2.25. The summed E-state index contributed by atoms with van der Waals surface area (Å²) in [6.07, 6.45) is 1.51. The number of fused-ring (bicyclic) bond motifs is 3. The maximum absolute atomic E-state index is 13.2. The lowest BCUT2D eigenvalue weighted by Crippen LogP contribution is -2.47. The topological polar surface area (TPSA) is 48.0 Å². The highest BCUT2D eigenvalue weighted by molar-refractivity contribution is 6.06. The van der Waals surface area contributed by atoms with E-state index in [0.29, 0.717) is 32.8 Å². The van der Waals surface area contributed by atoms with Gasteiger partial charge in [-0.15, -0.1) is 0 Å². The molecule has 1 saturated heterocycles. The van der Waals surface area contributed by atoms with Gasteiger partial charge in [0.25, 0.3) is 11.7 Å². The Balaban J connectivity index is 1.29. The van der Waals surface area contributed by atoms with Crippen LogP contribution in [-0.4, -0.2) is 32.3 Å². The fourth-order valence-corrected chi connectivity index (χ4v) is 4.15. The second-order valence-electron chi connectivity index (χ2n) is 7.32. The maximum Gasteiger partial charge on any atom is 0.292 e. The Morgan fingerprint density at radius 3 is 2.59 bits per heavy atom. The summed E-state index contributed by atoms with van der Waals surface area (Å²) in [4.78, 5) is 15.0. The van der Waals surface area contributed by atoms with Gasteiger partial charge in [-0.2, -0.15) is 0 Å². The molecule has 0 radical (unpaired) electrons. The van der Waals surface area contributed by atoms with Gasteiger partial charge in [0.05, 0.1) is 25.5 Å². The molecule has 148 valence electrons. The van der Waals surface area contributed by atoms with E-state index in [1.165, 1.54) is 0 Å². The molecule has 0 bridgehead atoms. The van der Waals surface area contributed by atoms with E-state index >= 15 is 0 Å². The lowest BCUT2D eigenvalue weighted by molar-refractivity contribution is -0.256. The summed E-state index contributed by atoms with van der Waals surface area (Å²) in [5.41, 5.74) is 1.67. The molecule has 5 nitrogen and oxygen atoms in total. The first-order valence-electron chi connectivity index (χ1n) is 10.1. The number of anilines is 1. The molecule has 1 spiro atoms. The number of carbonyl (C=O) groups is 1. The minimum absolute atomic E-state index is 0.136. The van der Waals surface area contributed by atoms with Gasteiger partial charge in [0.2, 0.25) is 0 Å². The first-order valence-corrected chi connectivity index (χ1v) is 10.1. The highest BCUT2D eigenvalue weighted by atomic mass is 16.7. The Kier molecular flexibility index (Phi) is 4.70. The molecule has 0 aliphatic carbocycles. The molecule has 3 aromatic carbocycles. The monoisotopic (exact) mass is 389 g/mol. The second kappa shape index (κ2) is 7.50. The summed E-state index contributed by atoms with van der Waals surface area (Å²) in [5.74, 6) is -0.541. The van der Waals surface area contributed by atoms with Gasteiger partial charge in [-0.3, -0.25) is 4.79 Å².